The van der Waals surface area contributed by atoms with Gasteiger partial charge in [-0.25, -0.2) is 9.59 Å². The van der Waals surface area contributed by atoms with E-state index in [1.54, 1.807) is 32.9 Å². The van der Waals surface area contributed by atoms with Crippen LogP contribution >= 0.6 is 0 Å². The molecule has 1 atom stereocenters. The Bertz CT molecular complexity index is 531. The molecule has 0 aliphatic carbocycles. The van der Waals surface area contributed by atoms with Crippen molar-refractivity contribution in [1.82, 2.24) is 5.32 Å². The number of alkyl carbamates (subject to hydrolysis) is 1. The van der Waals surface area contributed by atoms with Crippen molar-refractivity contribution in [2.45, 2.75) is 38.8 Å². The minimum Gasteiger partial charge on any atom is -0.480 e. The first-order valence-corrected chi connectivity index (χ1v) is 6.65. The van der Waals surface area contributed by atoms with Gasteiger partial charge in [-0.3, -0.25) is 0 Å². The van der Waals surface area contributed by atoms with Gasteiger partial charge in [-0.2, -0.15) is 0 Å². The standard InChI is InChI=1S/C16H21NO4/c1-5-11-7-6-8-12(9-11)10-13(14(18)19)17-15(20)21-16(2,3)4/h5-9,13H,1,10H2,2-4H3,(H,17,20)(H,18,19). The second-order valence-electron chi connectivity index (χ2n) is 5.69. The number of aliphatic carboxylic acids is 1. The molecule has 1 aromatic rings. The largest absolute Gasteiger partial charge is 0.480 e. The zero-order valence-electron chi connectivity index (χ0n) is 12.6. The van der Waals surface area contributed by atoms with E-state index in [2.05, 4.69) is 11.9 Å². The Morgan fingerprint density at radius 1 is 1.43 bits per heavy atom. The Kier molecular flexibility index (Phi) is 5.52. The van der Waals surface area contributed by atoms with Crippen LogP contribution in [0.25, 0.3) is 6.08 Å². The molecule has 0 aromatic heterocycles. The average Bonchev–Trinajstić information content (AvgIpc) is 2.36. The Balaban J connectivity index is 2.76. The number of benzene rings is 1. The summed E-state index contributed by atoms with van der Waals surface area (Å²) in [4.78, 5) is 22.9. The maximum Gasteiger partial charge on any atom is 0.408 e. The van der Waals surface area contributed by atoms with Gasteiger partial charge in [0.1, 0.15) is 11.6 Å². The third-order valence-electron chi connectivity index (χ3n) is 2.62. The molecule has 1 unspecified atom stereocenters. The Labute approximate surface area is 124 Å². The summed E-state index contributed by atoms with van der Waals surface area (Å²) in [5.74, 6) is -1.11. The quantitative estimate of drug-likeness (QED) is 0.874. The topological polar surface area (TPSA) is 75.6 Å². The third-order valence-corrected chi connectivity index (χ3v) is 2.62. The van der Waals surface area contributed by atoms with Gasteiger partial charge in [0.25, 0.3) is 0 Å². The Morgan fingerprint density at radius 3 is 2.62 bits per heavy atom. The zero-order chi connectivity index (χ0) is 16.0. The molecule has 21 heavy (non-hydrogen) atoms. The molecule has 0 heterocycles. The summed E-state index contributed by atoms with van der Waals surface area (Å²) in [7, 11) is 0. The molecule has 1 aromatic carbocycles. The molecule has 5 heteroatoms. The lowest BCUT2D eigenvalue weighted by molar-refractivity contribution is -0.139. The van der Waals surface area contributed by atoms with Crippen LogP contribution < -0.4 is 5.32 Å². The highest BCUT2D eigenvalue weighted by atomic mass is 16.6. The molecule has 0 fully saturated rings. The van der Waals surface area contributed by atoms with E-state index in [1.165, 1.54) is 0 Å². The number of carbonyl (C=O) groups excluding carboxylic acids is 1. The van der Waals surface area contributed by atoms with E-state index in [1.807, 2.05) is 18.2 Å². The van der Waals surface area contributed by atoms with E-state index in [0.717, 1.165) is 11.1 Å². The molecule has 1 amide bonds. The van der Waals surface area contributed by atoms with Crippen LogP contribution in [0.1, 0.15) is 31.9 Å². The number of amides is 1. The van der Waals surface area contributed by atoms with Crippen LogP contribution in [-0.2, 0) is 16.0 Å². The smallest absolute Gasteiger partial charge is 0.408 e. The monoisotopic (exact) mass is 291 g/mol. The second-order valence-corrected chi connectivity index (χ2v) is 5.69. The first-order chi connectivity index (χ1) is 9.71. The van der Waals surface area contributed by atoms with Crippen molar-refractivity contribution in [3.05, 3.63) is 42.0 Å². The molecular weight excluding hydrogens is 270 g/mol. The van der Waals surface area contributed by atoms with Crippen LogP contribution in [0.4, 0.5) is 4.79 Å². The van der Waals surface area contributed by atoms with Crippen molar-refractivity contribution in [1.29, 1.82) is 0 Å². The Morgan fingerprint density at radius 2 is 2.10 bits per heavy atom. The van der Waals surface area contributed by atoms with Crippen molar-refractivity contribution in [2.24, 2.45) is 0 Å². The number of nitrogens with one attached hydrogen (secondary N) is 1. The number of ether oxygens (including phenoxy) is 1. The lowest BCUT2D eigenvalue weighted by Crippen LogP contribution is -2.44. The molecular formula is C16H21NO4. The van der Waals surface area contributed by atoms with E-state index in [4.69, 9.17) is 4.74 Å². The molecule has 2 N–H and O–H groups in total. The second kappa shape index (κ2) is 6.92. The zero-order valence-corrected chi connectivity index (χ0v) is 12.6. The fourth-order valence-corrected chi connectivity index (χ4v) is 1.73. The third kappa shape index (κ3) is 6.12. The van der Waals surface area contributed by atoms with Crippen molar-refractivity contribution in [3.63, 3.8) is 0 Å². The summed E-state index contributed by atoms with van der Waals surface area (Å²) >= 11 is 0. The SMILES string of the molecule is C=Cc1cccc(CC(NC(=O)OC(C)(C)C)C(=O)O)c1. The minimum absolute atomic E-state index is 0.177. The summed E-state index contributed by atoms with van der Waals surface area (Å²) in [6.07, 6.45) is 1.12. The summed E-state index contributed by atoms with van der Waals surface area (Å²) in [6.45, 7) is 8.82. The molecule has 5 nitrogen and oxygen atoms in total. The molecule has 0 aliphatic rings. The maximum absolute atomic E-state index is 11.7. The van der Waals surface area contributed by atoms with Crippen molar-refractivity contribution < 1.29 is 19.4 Å². The van der Waals surface area contributed by atoms with Crippen LogP contribution in [0.2, 0.25) is 0 Å². The van der Waals surface area contributed by atoms with Gasteiger partial charge < -0.3 is 15.2 Å². The van der Waals surface area contributed by atoms with Crippen LogP contribution in [0.15, 0.2) is 30.8 Å². The molecule has 0 aliphatic heterocycles. The van der Waals surface area contributed by atoms with E-state index in [-0.39, 0.29) is 6.42 Å². The lowest BCUT2D eigenvalue weighted by Gasteiger charge is -2.22. The van der Waals surface area contributed by atoms with Crippen LogP contribution in [0.3, 0.4) is 0 Å². The van der Waals surface area contributed by atoms with Crippen LogP contribution in [0.5, 0.6) is 0 Å². The number of rotatable bonds is 5. The molecule has 114 valence electrons. The van der Waals surface area contributed by atoms with Crippen molar-refractivity contribution in [2.75, 3.05) is 0 Å². The van der Waals surface area contributed by atoms with Crippen LogP contribution in [0, 0.1) is 0 Å². The van der Waals surface area contributed by atoms with Gasteiger partial charge in [-0.05, 0) is 31.9 Å². The summed E-state index contributed by atoms with van der Waals surface area (Å²) < 4.78 is 5.07. The van der Waals surface area contributed by atoms with Crippen molar-refractivity contribution >= 4 is 18.1 Å². The molecule has 0 saturated carbocycles. The van der Waals surface area contributed by atoms with E-state index in [9.17, 15) is 14.7 Å². The first-order valence-electron chi connectivity index (χ1n) is 6.65. The summed E-state index contributed by atoms with van der Waals surface area (Å²) in [5.41, 5.74) is 1.03. The highest BCUT2D eigenvalue weighted by Crippen LogP contribution is 2.11. The molecule has 1 rings (SSSR count). The average molecular weight is 291 g/mol. The van der Waals surface area contributed by atoms with Gasteiger partial charge in [0.05, 0.1) is 0 Å². The first kappa shape index (κ1) is 16.8. The van der Waals surface area contributed by atoms with Gasteiger partial charge in [-0.1, -0.05) is 36.9 Å². The van der Waals surface area contributed by atoms with E-state index >= 15 is 0 Å². The fourth-order valence-electron chi connectivity index (χ4n) is 1.73. The van der Waals surface area contributed by atoms with Crippen molar-refractivity contribution in [3.8, 4) is 0 Å². The van der Waals surface area contributed by atoms with Crippen LogP contribution in [-0.4, -0.2) is 28.8 Å². The maximum atomic E-state index is 11.7. The molecule has 0 spiro atoms. The number of hydrogen-bond donors (Lipinski definition) is 2. The summed E-state index contributed by atoms with van der Waals surface area (Å²) in [6, 6.07) is 6.28. The highest BCUT2D eigenvalue weighted by Gasteiger charge is 2.24. The number of carboxylic acid groups (broad SMARTS) is 1. The minimum atomic E-state index is -1.11. The predicted octanol–water partition coefficient (Wildman–Crippen LogP) is 2.85. The highest BCUT2D eigenvalue weighted by molar-refractivity contribution is 5.80. The van der Waals surface area contributed by atoms with E-state index in [0.29, 0.717) is 0 Å². The summed E-state index contributed by atoms with van der Waals surface area (Å²) in [5, 5.41) is 11.6. The molecule has 0 radical (unpaired) electrons. The van der Waals surface area contributed by atoms with Gasteiger partial charge >= 0.3 is 12.1 Å². The number of carbonyl (C=O) groups is 2. The number of hydrogen-bond acceptors (Lipinski definition) is 3. The molecule has 0 bridgehead atoms. The predicted molar refractivity (Wildman–Crippen MR) is 81.0 cm³/mol. The van der Waals surface area contributed by atoms with E-state index < -0.39 is 23.7 Å². The number of carboxylic acids is 1. The van der Waals surface area contributed by atoms with Gasteiger partial charge in [0, 0.05) is 6.42 Å². The van der Waals surface area contributed by atoms with Gasteiger partial charge in [-0.15, -0.1) is 0 Å². The normalized spacial score (nSPS) is 12.3. The molecule has 0 saturated heterocycles. The van der Waals surface area contributed by atoms with Gasteiger partial charge in [0.2, 0.25) is 0 Å². The van der Waals surface area contributed by atoms with Gasteiger partial charge in [0.15, 0.2) is 0 Å². The fraction of sp³-hybridized carbons (Fsp3) is 0.375. The lowest BCUT2D eigenvalue weighted by atomic mass is 10.0. The Hall–Kier alpha value is -2.30.